The minimum absolute atomic E-state index is 0. The van der Waals surface area contributed by atoms with Crippen LogP contribution in [0.25, 0.3) is 43.9 Å². The van der Waals surface area contributed by atoms with Crippen molar-refractivity contribution in [2.45, 2.75) is 116 Å². The molecule has 0 spiro atoms. The van der Waals surface area contributed by atoms with Gasteiger partial charge in [0.05, 0.1) is 63.7 Å². The predicted octanol–water partition coefficient (Wildman–Crippen LogP) is 6.60. The van der Waals surface area contributed by atoms with Crippen LogP contribution in [0.4, 0.5) is 28.9 Å². The van der Waals surface area contributed by atoms with Crippen molar-refractivity contribution in [1.29, 1.82) is 0 Å². The van der Waals surface area contributed by atoms with Gasteiger partial charge in [0.2, 0.25) is 11.9 Å². The fourth-order valence-electron chi connectivity index (χ4n) is 9.44. The van der Waals surface area contributed by atoms with Gasteiger partial charge in [-0.1, -0.05) is 0 Å². The third kappa shape index (κ3) is 17.8. The average Bonchev–Trinajstić information content (AvgIpc) is 3.91. The Balaban J connectivity index is 0.000000240. The van der Waals surface area contributed by atoms with Crippen molar-refractivity contribution < 1.29 is 74.4 Å². The van der Waals surface area contributed by atoms with Crippen molar-refractivity contribution in [2.24, 2.45) is 0 Å². The molecule has 2 aliphatic carbocycles. The third-order valence-corrected chi connectivity index (χ3v) is 16.3. The molecule has 0 aliphatic heterocycles. The Hall–Kier alpha value is -4.77. The Bertz CT molecular complexity index is 3480. The number of anilines is 2. The first-order chi connectivity index (χ1) is 40.0. The minimum atomic E-state index is -5.23. The van der Waals surface area contributed by atoms with Gasteiger partial charge in [-0.15, -0.1) is 22.7 Å². The summed E-state index contributed by atoms with van der Waals surface area (Å²) in [5.74, 6) is -4.64. The van der Waals surface area contributed by atoms with E-state index in [-0.39, 0.29) is 131 Å². The molecule has 2 N–H and O–H groups in total. The van der Waals surface area contributed by atoms with Gasteiger partial charge in [-0.3, -0.25) is 19.0 Å². The monoisotopic (exact) mass is 1310 g/mol. The Morgan fingerprint density at radius 3 is 1.33 bits per heavy atom. The summed E-state index contributed by atoms with van der Waals surface area (Å²) >= 11 is 2.24. The molecule has 2 unspecified atom stereocenters. The van der Waals surface area contributed by atoms with E-state index < -0.39 is 63.4 Å². The van der Waals surface area contributed by atoms with E-state index in [2.05, 4.69) is 60.0 Å². The number of halogens is 4. The largest absolute Gasteiger partial charge is 2.00 e. The Morgan fingerprint density at radius 1 is 0.605 bits per heavy atom. The van der Waals surface area contributed by atoms with E-state index in [1.54, 1.807) is 21.8 Å². The fourth-order valence-corrected chi connectivity index (χ4v) is 11.9. The number of rotatable bonds is 20. The molecule has 86 heavy (non-hydrogen) atoms. The second-order valence-corrected chi connectivity index (χ2v) is 23.1. The van der Waals surface area contributed by atoms with Gasteiger partial charge in [0, 0.05) is 59.9 Å². The topological polar surface area (TPSA) is 344 Å². The van der Waals surface area contributed by atoms with Crippen LogP contribution in [0, 0.1) is 23.5 Å². The number of nitrogens with one attached hydrogen (secondary N) is 2. The van der Waals surface area contributed by atoms with E-state index in [9.17, 15) is 55.9 Å². The summed E-state index contributed by atoms with van der Waals surface area (Å²) in [5, 5.41) is 26.1. The number of nitrogens with zero attached hydrogens (tertiary/aromatic N) is 12. The second-order valence-electron chi connectivity index (χ2n) is 19.1. The van der Waals surface area contributed by atoms with E-state index in [1.807, 2.05) is 13.8 Å². The van der Waals surface area contributed by atoms with Crippen molar-refractivity contribution in [3.63, 3.8) is 0 Å². The number of hydrogen-bond acceptors (Lipinski definition) is 22. The van der Waals surface area contributed by atoms with E-state index in [1.165, 1.54) is 49.4 Å². The molecule has 36 heteroatoms. The molecule has 8 heterocycles. The molecule has 26 nitrogen and oxygen atoms in total. The quantitative estimate of drug-likeness (QED) is 0.0351. The fraction of sp³-hybridized carbons (Fsp3) is 0.400. The van der Waals surface area contributed by atoms with Gasteiger partial charge in [0.15, 0.2) is 24.1 Å². The van der Waals surface area contributed by atoms with Crippen LogP contribution >= 0.6 is 38.3 Å². The number of pyridine rings is 2. The average molecular weight is 1310 g/mol. The number of hydrogen-bond donors (Lipinski definition) is 2. The van der Waals surface area contributed by atoms with E-state index in [0.29, 0.717) is 34.4 Å². The van der Waals surface area contributed by atoms with Crippen LogP contribution < -0.4 is 30.2 Å². The third-order valence-electron chi connectivity index (χ3n) is 13.4. The van der Waals surface area contributed by atoms with Crippen LogP contribution in [0.1, 0.15) is 125 Å². The zero-order valence-corrected chi connectivity index (χ0v) is 53.4. The molecule has 8 aromatic rings. The zero-order chi connectivity index (χ0) is 60.0. The molecule has 2 atom stereocenters. The number of phosphoric acid groups is 2. The van der Waals surface area contributed by atoms with E-state index in [0.717, 1.165) is 108 Å². The maximum absolute atomic E-state index is 14.7. The van der Waals surface area contributed by atoms with Gasteiger partial charge in [-0.2, -0.15) is 29.2 Å². The molecule has 0 aromatic carbocycles. The summed E-state index contributed by atoms with van der Waals surface area (Å²) in [5.41, 5.74) is 0.504. The smallest absolute Gasteiger partial charge is 0.790 e. The summed E-state index contributed by atoms with van der Waals surface area (Å²) < 4.78 is 105. The zero-order valence-electron chi connectivity index (χ0n) is 46.4. The molecule has 2 amide bonds. The molecule has 2 fully saturated rings. The normalized spacial score (nSPS) is 17.8. The van der Waals surface area contributed by atoms with Gasteiger partial charge in [-0.05, 0) is 103 Å². The number of aromatic nitrogens is 12. The maximum atomic E-state index is 14.7. The van der Waals surface area contributed by atoms with Gasteiger partial charge in [-0.25, -0.2) is 38.1 Å². The van der Waals surface area contributed by atoms with Crippen LogP contribution in [0.5, 0.6) is 0 Å². The summed E-state index contributed by atoms with van der Waals surface area (Å²) in [6.45, 7) is 7.81. The number of carbonyl (C=O) groups excluding carboxylic acids is 2. The van der Waals surface area contributed by atoms with Crippen LogP contribution in [-0.2, 0) is 27.7 Å². The Labute approximate surface area is 542 Å². The van der Waals surface area contributed by atoms with Gasteiger partial charge in [0.25, 0.3) is 11.8 Å². The summed E-state index contributed by atoms with van der Waals surface area (Å²) in [4.78, 5) is 86.0. The van der Waals surface area contributed by atoms with Crippen molar-refractivity contribution in [2.75, 3.05) is 23.8 Å². The first-order valence-electron chi connectivity index (χ1n) is 26.1. The van der Waals surface area contributed by atoms with Gasteiger partial charge < -0.3 is 57.9 Å². The Morgan fingerprint density at radius 2 is 0.977 bits per heavy atom. The van der Waals surface area contributed by atoms with Crippen molar-refractivity contribution >= 4 is 122 Å². The molecule has 2 aliphatic rings. The molecule has 0 bridgehead atoms. The Kier molecular flexibility index (Phi) is 24.1. The molecule has 448 valence electrons. The number of carbonyl (C=O) groups is 2. The number of amides is 2. The van der Waals surface area contributed by atoms with E-state index >= 15 is 0 Å². The first kappa shape index (κ1) is 68.7. The van der Waals surface area contributed by atoms with Gasteiger partial charge >= 0.3 is 60.8 Å². The second kappa shape index (κ2) is 30.2. The van der Waals surface area contributed by atoms with Crippen LogP contribution in [0.3, 0.4) is 0 Å². The minimum Gasteiger partial charge on any atom is -0.790 e. The van der Waals surface area contributed by atoms with Crippen molar-refractivity contribution in [3.8, 4) is 43.9 Å². The molecule has 10 rings (SSSR count). The van der Waals surface area contributed by atoms with Crippen LogP contribution in [0.2, 0.25) is 0 Å². The molecule has 2 saturated carbocycles. The van der Waals surface area contributed by atoms with Crippen LogP contribution in [-0.4, -0.2) is 157 Å². The molecule has 0 saturated heterocycles. The molecule has 0 radical (unpaired) electrons. The van der Waals surface area contributed by atoms with Gasteiger partial charge in [0.1, 0.15) is 44.2 Å². The first-order valence-corrected chi connectivity index (χ1v) is 30.8. The number of thiazole rings is 2. The summed E-state index contributed by atoms with van der Waals surface area (Å²) in [7, 11) is -10.5. The predicted molar refractivity (Wildman–Crippen MR) is 297 cm³/mol. The SMILES string of the molecule is CCOC1CCC(n2cc(NC(=O)c3csc(-c4cnn(C(C)OP(=O)([O-])[O-])c4)n3)c(-c3nc(F)ccc3F)n2)CC1.CCOC1CCC(n2cc(NC(=O)c3csc(-c4cnn(C(C)OP(=O)([O-])[O-])c4)n3)c(-c3nc(F)ccc3F)n2)CC1.[Ca+2].[Mg+2]. The van der Waals surface area contributed by atoms with Crippen LogP contribution in [0.15, 0.2) is 72.2 Å². The number of phosphoric ester groups is 2. The van der Waals surface area contributed by atoms with Crippen molar-refractivity contribution in [3.05, 3.63) is 107 Å². The summed E-state index contributed by atoms with van der Waals surface area (Å²) in [6.07, 6.45) is 13.0. The van der Waals surface area contributed by atoms with E-state index in [4.69, 9.17) is 9.47 Å². The standard InChI is InChI=1S/2C25H28F2N7O6PS.Ca.Mg/c2*1-3-39-17-6-4-16(5-7-17)34-12-19(23(32-34)22-18(26)8-9-21(27)31-22)29-24(35)20-13-42-25(30-20)15-10-28-33(11-15)14(2)40-41(36,37)38;;/h2*8-14,16-17H,3-7H2,1-2H3,(H,29,35)(H2,36,37,38);;/q;;2*+2/p-4. The molecular weight excluding hydrogens is 1260 g/mol. The van der Waals surface area contributed by atoms with Crippen molar-refractivity contribution in [1.82, 2.24) is 59.1 Å². The molecule has 8 aromatic heterocycles. The number of ether oxygens (including phenoxy) is 2. The summed E-state index contributed by atoms with van der Waals surface area (Å²) in [6, 6.07) is 3.62. The molecular formula is C50H52CaF4MgN14O12P2S2. The maximum Gasteiger partial charge on any atom is 2.00 e.